The maximum Gasteiger partial charge on any atom is 0.323 e. The Hall–Kier alpha value is -4.11. The first-order chi connectivity index (χ1) is 17.5. The number of carbonyl (C=O) groups is 2. The largest absolute Gasteiger partial charge is 0.493 e. The van der Waals surface area contributed by atoms with Crippen molar-refractivity contribution in [1.82, 2.24) is 15.6 Å². The van der Waals surface area contributed by atoms with E-state index in [0.717, 1.165) is 24.3 Å². The first kappa shape index (κ1) is 25.0. The lowest BCUT2D eigenvalue weighted by molar-refractivity contribution is 0.0958. The summed E-state index contributed by atoms with van der Waals surface area (Å²) in [5, 5.41) is 11.7. The molecule has 3 amide bonds. The van der Waals surface area contributed by atoms with Gasteiger partial charge in [0, 0.05) is 42.3 Å². The summed E-state index contributed by atoms with van der Waals surface area (Å²) in [5.41, 5.74) is 2.44. The minimum Gasteiger partial charge on any atom is -0.493 e. The maximum atomic E-state index is 12.6. The van der Waals surface area contributed by atoms with Crippen molar-refractivity contribution in [2.45, 2.75) is 32.2 Å². The third kappa shape index (κ3) is 6.73. The molecule has 4 rings (SSSR count). The molecule has 1 fully saturated rings. The molecule has 1 aliphatic heterocycles. The quantitative estimate of drug-likeness (QED) is 0.346. The van der Waals surface area contributed by atoms with E-state index in [4.69, 9.17) is 9.47 Å². The molecule has 1 aromatic heterocycles. The van der Waals surface area contributed by atoms with Gasteiger partial charge < -0.3 is 30.7 Å². The Kier molecular flexibility index (Phi) is 8.36. The number of hydrogen-bond acceptors (Lipinski definition) is 6. The summed E-state index contributed by atoms with van der Waals surface area (Å²) in [6.07, 6.45) is 4.89. The lowest BCUT2D eigenvalue weighted by Crippen LogP contribution is -2.23. The number of urea groups is 1. The van der Waals surface area contributed by atoms with Gasteiger partial charge in [-0.05, 0) is 75.2 Å². The summed E-state index contributed by atoms with van der Waals surface area (Å²) in [6.45, 7) is 3.65. The lowest BCUT2D eigenvalue weighted by atomic mass is 10.1. The fraction of sp³-hybridized carbons (Fsp3) is 0.296. The molecule has 0 aliphatic carbocycles. The third-order valence-electron chi connectivity index (χ3n) is 5.96. The number of hydrogen-bond donors (Lipinski definition) is 4. The zero-order valence-electron chi connectivity index (χ0n) is 20.5. The molecule has 4 N–H and O–H groups in total. The van der Waals surface area contributed by atoms with Crippen molar-refractivity contribution in [2.75, 3.05) is 30.8 Å². The number of nitrogens with zero attached hydrogens (tertiary/aromatic N) is 1. The van der Waals surface area contributed by atoms with Gasteiger partial charge in [0.25, 0.3) is 5.91 Å². The van der Waals surface area contributed by atoms with Crippen LogP contribution >= 0.6 is 0 Å². The SMILES string of the molecule is CNC(=O)c1cc(Oc2ccc(NC(=O)Nc3cccc(OCCC4CCCN4)c3C)cc2)ccn1. The van der Waals surface area contributed by atoms with Gasteiger partial charge in [0.2, 0.25) is 0 Å². The summed E-state index contributed by atoms with van der Waals surface area (Å²) < 4.78 is 11.8. The minimum atomic E-state index is -0.358. The predicted molar refractivity (Wildman–Crippen MR) is 139 cm³/mol. The first-order valence-corrected chi connectivity index (χ1v) is 12.0. The van der Waals surface area contributed by atoms with Crippen LogP contribution in [0.2, 0.25) is 0 Å². The molecule has 1 aliphatic rings. The molecular formula is C27H31N5O4. The molecule has 2 heterocycles. The highest BCUT2D eigenvalue weighted by atomic mass is 16.5. The Bertz CT molecular complexity index is 1190. The Morgan fingerprint density at radius 2 is 1.92 bits per heavy atom. The van der Waals surface area contributed by atoms with Crippen molar-refractivity contribution < 1.29 is 19.1 Å². The summed E-state index contributed by atoms with van der Waals surface area (Å²) in [5.74, 6) is 1.52. The lowest BCUT2D eigenvalue weighted by Gasteiger charge is -2.15. The molecule has 188 valence electrons. The van der Waals surface area contributed by atoms with Gasteiger partial charge in [0.05, 0.1) is 6.61 Å². The van der Waals surface area contributed by atoms with Crippen LogP contribution in [0.25, 0.3) is 0 Å². The molecule has 2 aromatic carbocycles. The van der Waals surface area contributed by atoms with Crippen LogP contribution in [-0.2, 0) is 0 Å². The molecule has 3 aromatic rings. The zero-order chi connectivity index (χ0) is 25.3. The highest BCUT2D eigenvalue weighted by Crippen LogP contribution is 2.27. The molecule has 36 heavy (non-hydrogen) atoms. The van der Waals surface area contributed by atoms with Gasteiger partial charge in [-0.3, -0.25) is 9.78 Å². The van der Waals surface area contributed by atoms with Crippen LogP contribution in [0.4, 0.5) is 16.2 Å². The fourth-order valence-electron chi connectivity index (χ4n) is 3.97. The van der Waals surface area contributed by atoms with Crippen molar-refractivity contribution in [2.24, 2.45) is 0 Å². The summed E-state index contributed by atoms with van der Waals surface area (Å²) >= 11 is 0. The minimum absolute atomic E-state index is 0.264. The molecule has 0 radical (unpaired) electrons. The molecule has 1 unspecified atom stereocenters. The fourth-order valence-corrected chi connectivity index (χ4v) is 3.97. The second-order valence-electron chi connectivity index (χ2n) is 8.52. The van der Waals surface area contributed by atoms with Gasteiger partial charge in [0.15, 0.2) is 0 Å². The van der Waals surface area contributed by atoms with Crippen LogP contribution in [-0.4, -0.2) is 43.2 Å². The van der Waals surface area contributed by atoms with Crippen LogP contribution in [0.3, 0.4) is 0 Å². The van der Waals surface area contributed by atoms with E-state index in [-0.39, 0.29) is 17.6 Å². The first-order valence-electron chi connectivity index (χ1n) is 12.0. The zero-order valence-corrected chi connectivity index (χ0v) is 20.5. The van der Waals surface area contributed by atoms with Gasteiger partial charge >= 0.3 is 6.03 Å². The van der Waals surface area contributed by atoms with Crippen LogP contribution < -0.4 is 30.7 Å². The van der Waals surface area contributed by atoms with Gasteiger partial charge in [-0.25, -0.2) is 4.79 Å². The topological polar surface area (TPSA) is 114 Å². The Morgan fingerprint density at radius 1 is 1.08 bits per heavy atom. The number of carbonyl (C=O) groups excluding carboxylic acids is 2. The van der Waals surface area contributed by atoms with E-state index in [0.29, 0.717) is 35.5 Å². The number of anilines is 2. The van der Waals surface area contributed by atoms with E-state index in [9.17, 15) is 9.59 Å². The number of ether oxygens (including phenoxy) is 2. The van der Waals surface area contributed by atoms with Gasteiger partial charge in [-0.1, -0.05) is 6.07 Å². The maximum absolute atomic E-state index is 12.6. The average molecular weight is 490 g/mol. The molecule has 0 spiro atoms. The highest BCUT2D eigenvalue weighted by molar-refractivity contribution is 6.00. The van der Waals surface area contributed by atoms with Crippen molar-refractivity contribution in [3.8, 4) is 17.2 Å². The van der Waals surface area contributed by atoms with E-state index in [1.54, 1.807) is 43.4 Å². The average Bonchev–Trinajstić information content (AvgIpc) is 3.41. The van der Waals surface area contributed by atoms with E-state index in [2.05, 4.69) is 26.3 Å². The molecule has 9 nitrogen and oxygen atoms in total. The van der Waals surface area contributed by atoms with E-state index in [1.807, 2.05) is 25.1 Å². The van der Waals surface area contributed by atoms with Crippen LogP contribution in [0.15, 0.2) is 60.8 Å². The molecule has 0 saturated carbocycles. The summed E-state index contributed by atoms with van der Waals surface area (Å²) in [6, 6.07) is 16.0. The van der Waals surface area contributed by atoms with Gasteiger partial charge in [-0.15, -0.1) is 0 Å². The number of nitrogens with one attached hydrogen (secondary N) is 4. The van der Waals surface area contributed by atoms with Gasteiger partial charge in [0.1, 0.15) is 22.9 Å². The van der Waals surface area contributed by atoms with Crippen molar-refractivity contribution in [3.05, 3.63) is 72.1 Å². The number of pyridine rings is 1. The predicted octanol–water partition coefficient (Wildman–Crippen LogP) is 4.71. The van der Waals surface area contributed by atoms with Crippen molar-refractivity contribution >= 4 is 23.3 Å². The number of amides is 3. The number of aromatic nitrogens is 1. The Balaban J connectivity index is 1.30. The smallest absolute Gasteiger partial charge is 0.323 e. The van der Waals surface area contributed by atoms with Crippen molar-refractivity contribution in [1.29, 1.82) is 0 Å². The molecule has 1 saturated heterocycles. The second kappa shape index (κ2) is 12.0. The molecule has 0 bridgehead atoms. The van der Waals surface area contributed by atoms with E-state index >= 15 is 0 Å². The van der Waals surface area contributed by atoms with Crippen LogP contribution in [0, 0.1) is 6.92 Å². The second-order valence-corrected chi connectivity index (χ2v) is 8.52. The third-order valence-corrected chi connectivity index (χ3v) is 5.96. The number of benzene rings is 2. The van der Waals surface area contributed by atoms with Crippen molar-refractivity contribution in [3.63, 3.8) is 0 Å². The summed E-state index contributed by atoms with van der Waals surface area (Å²) in [7, 11) is 1.54. The monoisotopic (exact) mass is 489 g/mol. The van der Waals surface area contributed by atoms with E-state index in [1.165, 1.54) is 19.0 Å². The molecule has 9 heteroatoms. The molecular weight excluding hydrogens is 458 g/mol. The van der Waals surface area contributed by atoms with Crippen LogP contribution in [0.1, 0.15) is 35.3 Å². The Morgan fingerprint density at radius 3 is 2.67 bits per heavy atom. The van der Waals surface area contributed by atoms with Crippen LogP contribution in [0.5, 0.6) is 17.2 Å². The normalized spacial score (nSPS) is 14.7. The van der Waals surface area contributed by atoms with E-state index < -0.39 is 0 Å². The summed E-state index contributed by atoms with van der Waals surface area (Å²) in [4.78, 5) is 28.4. The Labute approximate surface area is 210 Å². The highest BCUT2D eigenvalue weighted by Gasteiger charge is 2.14. The van der Waals surface area contributed by atoms with Gasteiger partial charge in [-0.2, -0.15) is 0 Å². The molecule has 1 atom stereocenters. The standard InChI is InChI=1S/C27H31N5O4/c1-18-23(6-3-7-25(18)35-16-13-19-5-4-14-29-19)32-27(34)31-20-8-10-21(11-9-20)36-22-12-15-30-24(17-22)26(33)28-2/h3,6-12,15,17,19,29H,4-5,13-14,16H2,1-2H3,(H,28,33)(H2,31,32,34). The number of rotatable bonds is 9.